The highest BCUT2D eigenvalue weighted by Crippen LogP contribution is 2.27. The minimum atomic E-state index is -0.697. The van der Waals surface area contributed by atoms with E-state index in [0.717, 1.165) is 11.1 Å². The lowest BCUT2D eigenvalue weighted by Crippen LogP contribution is -2.29. The normalized spacial score (nSPS) is 11.8. The van der Waals surface area contributed by atoms with E-state index >= 15 is 0 Å². The molecule has 0 atom stereocenters. The third kappa shape index (κ3) is 3.04. The number of hydrogen-bond acceptors (Lipinski definition) is 3. The smallest absolute Gasteiger partial charge is 0.191 e. The summed E-state index contributed by atoms with van der Waals surface area (Å²) in [6, 6.07) is 7.62. The van der Waals surface area contributed by atoms with Crippen molar-refractivity contribution in [3.05, 3.63) is 35.4 Å². The first-order valence-electron chi connectivity index (χ1n) is 5.64. The molecule has 0 aliphatic carbocycles. The van der Waals surface area contributed by atoms with E-state index in [0.29, 0.717) is 13.2 Å². The van der Waals surface area contributed by atoms with Crippen LogP contribution in [-0.2, 0) is 21.9 Å². The van der Waals surface area contributed by atoms with Crippen molar-refractivity contribution in [2.45, 2.75) is 33.2 Å². The average molecular weight is 224 g/mol. The van der Waals surface area contributed by atoms with E-state index in [4.69, 9.17) is 14.6 Å². The number of aliphatic hydroxyl groups is 1. The maximum absolute atomic E-state index is 8.98. The Hall–Kier alpha value is -0.900. The van der Waals surface area contributed by atoms with E-state index in [9.17, 15) is 0 Å². The van der Waals surface area contributed by atoms with Gasteiger partial charge in [0.15, 0.2) is 5.79 Å². The quantitative estimate of drug-likeness (QED) is 0.754. The summed E-state index contributed by atoms with van der Waals surface area (Å²) in [5.74, 6) is -0.697. The van der Waals surface area contributed by atoms with Gasteiger partial charge in [-0.3, -0.25) is 0 Å². The molecule has 0 aliphatic heterocycles. The molecular weight excluding hydrogens is 204 g/mol. The van der Waals surface area contributed by atoms with Crippen LogP contribution in [0.5, 0.6) is 0 Å². The minimum absolute atomic E-state index is 0.0558. The van der Waals surface area contributed by atoms with Gasteiger partial charge in [0.2, 0.25) is 0 Å². The fraction of sp³-hybridized carbons (Fsp3) is 0.538. The molecule has 0 saturated carbocycles. The van der Waals surface area contributed by atoms with Gasteiger partial charge in [0, 0.05) is 18.8 Å². The molecule has 0 aromatic heterocycles. The topological polar surface area (TPSA) is 38.7 Å². The lowest BCUT2D eigenvalue weighted by Gasteiger charge is -2.29. The number of aliphatic hydroxyl groups excluding tert-OH is 1. The molecule has 3 heteroatoms. The lowest BCUT2D eigenvalue weighted by atomic mass is 10.1. The first-order valence-corrected chi connectivity index (χ1v) is 5.64. The van der Waals surface area contributed by atoms with Crippen LogP contribution in [0.4, 0.5) is 0 Å². The molecule has 0 bridgehead atoms. The molecular formula is C13H20O3. The molecule has 0 amide bonds. The number of rotatable bonds is 6. The van der Waals surface area contributed by atoms with E-state index in [1.165, 1.54) is 0 Å². The summed E-state index contributed by atoms with van der Waals surface area (Å²) in [6.07, 6.45) is 0. The summed E-state index contributed by atoms with van der Waals surface area (Å²) < 4.78 is 11.3. The zero-order chi connectivity index (χ0) is 12.0. The van der Waals surface area contributed by atoms with Crippen LogP contribution in [0, 0.1) is 0 Å². The maximum atomic E-state index is 8.98. The van der Waals surface area contributed by atoms with E-state index in [2.05, 4.69) is 0 Å². The summed E-state index contributed by atoms with van der Waals surface area (Å²) in [5, 5.41) is 8.98. The Balaban J connectivity index is 2.91. The Kier molecular flexibility index (Phi) is 4.93. The SMILES string of the molecule is CCOC(C)(OCC)c1ccc(CO)cc1. The van der Waals surface area contributed by atoms with Gasteiger partial charge in [-0.15, -0.1) is 0 Å². The molecule has 1 rings (SSSR count). The zero-order valence-electron chi connectivity index (χ0n) is 10.2. The largest absolute Gasteiger partial charge is 0.392 e. The number of ether oxygens (including phenoxy) is 2. The second-order valence-corrected chi connectivity index (χ2v) is 3.67. The van der Waals surface area contributed by atoms with Gasteiger partial charge < -0.3 is 14.6 Å². The molecule has 16 heavy (non-hydrogen) atoms. The summed E-state index contributed by atoms with van der Waals surface area (Å²) in [6.45, 7) is 7.05. The first-order chi connectivity index (χ1) is 7.66. The van der Waals surface area contributed by atoms with Crippen molar-refractivity contribution in [1.29, 1.82) is 0 Å². The van der Waals surface area contributed by atoms with Crippen LogP contribution in [-0.4, -0.2) is 18.3 Å². The van der Waals surface area contributed by atoms with Crippen molar-refractivity contribution in [1.82, 2.24) is 0 Å². The minimum Gasteiger partial charge on any atom is -0.392 e. The van der Waals surface area contributed by atoms with E-state index < -0.39 is 5.79 Å². The number of benzene rings is 1. The van der Waals surface area contributed by atoms with Gasteiger partial charge >= 0.3 is 0 Å². The monoisotopic (exact) mass is 224 g/mol. The zero-order valence-corrected chi connectivity index (χ0v) is 10.2. The highest BCUT2D eigenvalue weighted by atomic mass is 16.7. The fourth-order valence-electron chi connectivity index (χ4n) is 1.67. The van der Waals surface area contributed by atoms with Crippen molar-refractivity contribution < 1.29 is 14.6 Å². The fourth-order valence-corrected chi connectivity index (χ4v) is 1.67. The Bertz CT molecular complexity index is 299. The maximum Gasteiger partial charge on any atom is 0.191 e. The van der Waals surface area contributed by atoms with Crippen LogP contribution in [0.2, 0.25) is 0 Å². The van der Waals surface area contributed by atoms with E-state index in [-0.39, 0.29) is 6.61 Å². The summed E-state index contributed by atoms with van der Waals surface area (Å²) in [5.41, 5.74) is 1.85. The molecule has 0 spiro atoms. The van der Waals surface area contributed by atoms with Crippen LogP contribution < -0.4 is 0 Å². The second kappa shape index (κ2) is 5.99. The number of hydrogen-bond donors (Lipinski definition) is 1. The predicted octanol–water partition coefficient (Wildman–Crippen LogP) is 2.42. The Morgan fingerprint density at radius 1 is 1.06 bits per heavy atom. The average Bonchev–Trinajstić information content (AvgIpc) is 2.30. The highest BCUT2D eigenvalue weighted by molar-refractivity contribution is 5.25. The standard InChI is InChI=1S/C13H20O3/c1-4-15-13(3,16-5-2)12-8-6-11(10-14)7-9-12/h6-9,14H,4-5,10H2,1-3H3. The highest BCUT2D eigenvalue weighted by Gasteiger charge is 2.27. The van der Waals surface area contributed by atoms with Gasteiger partial charge in [0.1, 0.15) is 0 Å². The van der Waals surface area contributed by atoms with Crippen molar-refractivity contribution in [2.24, 2.45) is 0 Å². The molecule has 0 heterocycles. The molecule has 0 aliphatic rings. The van der Waals surface area contributed by atoms with E-state index in [1.54, 1.807) is 0 Å². The Labute approximate surface area is 97.0 Å². The van der Waals surface area contributed by atoms with Crippen molar-refractivity contribution in [3.8, 4) is 0 Å². The summed E-state index contributed by atoms with van der Waals surface area (Å²) >= 11 is 0. The van der Waals surface area contributed by atoms with Gasteiger partial charge in [-0.05, 0) is 26.3 Å². The third-order valence-electron chi connectivity index (χ3n) is 2.50. The van der Waals surface area contributed by atoms with Crippen molar-refractivity contribution in [2.75, 3.05) is 13.2 Å². The molecule has 0 fully saturated rings. The Morgan fingerprint density at radius 3 is 1.94 bits per heavy atom. The van der Waals surface area contributed by atoms with Gasteiger partial charge in [0.05, 0.1) is 6.61 Å². The Morgan fingerprint density at radius 2 is 1.56 bits per heavy atom. The molecule has 1 aromatic rings. The van der Waals surface area contributed by atoms with Crippen molar-refractivity contribution in [3.63, 3.8) is 0 Å². The van der Waals surface area contributed by atoms with Crippen LogP contribution in [0.15, 0.2) is 24.3 Å². The molecule has 0 saturated heterocycles. The van der Waals surface area contributed by atoms with E-state index in [1.807, 2.05) is 45.0 Å². The molecule has 3 nitrogen and oxygen atoms in total. The summed E-state index contributed by atoms with van der Waals surface area (Å²) in [7, 11) is 0. The second-order valence-electron chi connectivity index (χ2n) is 3.67. The van der Waals surface area contributed by atoms with Crippen LogP contribution in [0.1, 0.15) is 31.9 Å². The van der Waals surface area contributed by atoms with Gasteiger partial charge in [-0.25, -0.2) is 0 Å². The van der Waals surface area contributed by atoms with Crippen LogP contribution in [0.3, 0.4) is 0 Å². The predicted molar refractivity (Wildman–Crippen MR) is 63.0 cm³/mol. The molecule has 1 aromatic carbocycles. The third-order valence-corrected chi connectivity index (χ3v) is 2.50. The molecule has 0 radical (unpaired) electrons. The van der Waals surface area contributed by atoms with Gasteiger partial charge in [-0.2, -0.15) is 0 Å². The van der Waals surface area contributed by atoms with Gasteiger partial charge in [0.25, 0.3) is 0 Å². The summed E-state index contributed by atoms with van der Waals surface area (Å²) in [4.78, 5) is 0. The lowest BCUT2D eigenvalue weighted by molar-refractivity contribution is -0.229. The van der Waals surface area contributed by atoms with Crippen LogP contribution >= 0.6 is 0 Å². The molecule has 1 N–H and O–H groups in total. The van der Waals surface area contributed by atoms with Gasteiger partial charge in [-0.1, -0.05) is 24.3 Å². The van der Waals surface area contributed by atoms with Crippen LogP contribution in [0.25, 0.3) is 0 Å². The molecule has 90 valence electrons. The van der Waals surface area contributed by atoms with Crippen molar-refractivity contribution >= 4 is 0 Å². The molecule has 0 unspecified atom stereocenters. The first kappa shape index (κ1) is 13.2.